The average molecular weight is 508 g/mol. The summed E-state index contributed by atoms with van der Waals surface area (Å²) in [5.74, 6) is 0.420. The van der Waals surface area contributed by atoms with Crippen molar-refractivity contribution in [2.45, 2.75) is 19.8 Å². The maximum atomic E-state index is 14.2. The molecule has 0 atom stereocenters. The Morgan fingerprint density at radius 2 is 1.45 bits per heavy atom. The fourth-order valence-electron chi connectivity index (χ4n) is 4.94. The van der Waals surface area contributed by atoms with Gasteiger partial charge in [0.1, 0.15) is 18.1 Å². The predicted molar refractivity (Wildman–Crippen MR) is 156 cm³/mol. The number of aryl methyl sites for hydroxylation is 1. The third-order valence-electron chi connectivity index (χ3n) is 6.94. The summed E-state index contributed by atoms with van der Waals surface area (Å²) in [5.41, 5.74) is 5.61. The highest BCUT2D eigenvalue weighted by Gasteiger charge is 2.36. The van der Waals surface area contributed by atoms with Crippen LogP contribution < -0.4 is 25.6 Å². The molecule has 0 bridgehead atoms. The Balaban J connectivity index is 1.70. The predicted octanol–water partition coefficient (Wildman–Crippen LogP) is 5.90. The van der Waals surface area contributed by atoms with Crippen LogP contribution in [0.3, 0.4) is 0 Å². The van der Waals surface area contributed by atoms with Crippen LogP contribution in [-0.4, -0.2) is 31.2 Å². The van der Waals surface area contributed by atoms with Crippen molar-refractivity contribution in [3.63, 3.8) is 0 Å². The molecule has 0 fully saturated rings. The fourth-order valence-corrected chi connectivity index (χ4v) is 4.94. The molecule has 2 heterocycles. The minimum atomic E-state index is -0.185. The van der Waals surface area contributed by atoms with Gasteiger partial charge < -0.3 is 15.1 Å². The fraction of sp³-hybridized carbons (Fsp3) is 0.226. The Hall–Kier alpha value is -4.52. The van der Waals surface area contributed by atoms with Crippen molar-refractivity contribution in [2.24, 2.45) is 7.05 Å². The van der Waals surface area contributed by atoms with Gasteiger partial charge in [0.15, 0.2) is 0 Å². The van der Waals surface area contributed by atoms with E-state index in [9.17, 15) is 9.59 Å². The lowest BCUT2D eigenvalue weighted by molar-refractivity contribution is 0.0983. The van der Waals surface area contributed by atoms with E-state index < -0.39 is 0 Å². The Bertz CT molecular complexity index is 1510. The molecule has 1 aliphatic heterocycles. The Kier molecular flexibility index (Phi) is 6.92. The van der Waals surface area contributed by atoms with Gasteiger partial charge in [-0.25, -0.2) is 0 Å². The molecular formula is C31H33N5O2. The first-order valence-corrected chi connectivity index (χ1v) is 12.9. The van der Waals surface area contributed by atoms with Gasteiger partial charge in [0, 0.05) is 50.0 Å². The van der Waals surface area contributed by atoms with Crippen LogP contribution in [0.15, 0.2) is 89.7 Å². The molecule has 5 rings (SSSR count). The van der Waals surface area contributed by atoms with Crippen molar-refractivity contribution in [3.05, 3.63) is 106 Å². The molecule has 3 aromatic carbocycles. The van der Waals surface area contributed by atoms with Crippen LogP contribution in [0.2, 0.25) is 0 Å². The first-order chi connectivity index (χ1) is 18.4. The van der Waals surface area contributed by atoms with E-state index in [-0.39, 0.29) is 18.1 Å². The summed E-state index contributed by atoms with van der Waals surface area (Å²) < 4.78 is 1.57. The molecule has 0 unspecified atom stereocenters. The number of amides is 1. The van der Waals surface area contributed by atoms with Crippen LogP contribution in [0.25, 0.3) is 0 Å². The van der Waals surface area contributed by atoms with E-state index in [1.54, 1.807) is 16.5 Å². The SMILES string of the molecule is CCCc1cc(N(C)C)ccc1Nc1cc(=O)n(C)c2c1C(=O)N(c1ccccc1)CN2c1ccccc1. The smallest absolute Gasteiger partial charge is 0.265 e. The Morgan fingerprint density at radius 3 is 2.05 bits per heavy atom. The number of aromatic nitrogens is 1. The van der Waals surface area contributed by atoms with Crippen molar-refractivity contribution in [3.8, 4) is 0 Å². The number of nitrogens with zero attached hydrogens (tertiary/aromatic N) is 4. The van der Waals surface area contributed by atoms with Crippen LogP contribution in [0.1, 0.15) is 29.3 Å². The van der Waals surface area contributed by atoms with E-state index in [0.717, 1.165) is 41.2 Å². The Labute approximate surface area is 223 Å². The summed E-state index contributed by atoms with van der Waals surface area (Å²) in [5, 5.41) is 3.49. The summed E-state index contributed by atoms with van der Waals surface area (Å²) in [6.07, 6.45) is 1.85. The topological polar surface area (TPSA) is 60.8 Å². The summed E-state index contributed by atoms with van der Waals surface area (Å²) >= 11 is 0. The van der Waals surface area contributed by atoms with E-state index in [4.69, 9.17) is 0 Å². The minimum Gasteiger partial charge on any atom is -0.378 e. The van der Waals surface area contributed by atoms with Crippen LogP contribution in [-0.2, 0) is 13.5 Å². The van der Waals surface area contributed by atoms with E-state index in [0.29, 0.717) is 17.1 Å². The second-order valence-electron chi connectivity index (χ2n) is 9.74. The van der Waals surface area contributed by atoms with Gasteiger partial charge in [-0.2, -0.15) is 0 Å². The van der Waals surface area contributed by atoms with Crippen LogP contribution in [0.4, 0.5) is 34.3 Å². The molecule has 0 spiro atoms. The number of fused-ring (bicyclic) bond motifs is 1. The zero-order valence-electron chi connectivity index (χ0n) is 22.3. The molecule has 1 amide bonds. The summed E-state index contributed by atoms with van der Waals surface area (Å²) in [6, 6.07) is 27.3. The molecule has 0 aliphatic carbocycles. The standard InChI is InChI=1S/C31H33N5O2/c1-5-12-22-19-25(33(2)3)17-18-26(22)32-27-20-28(37)34(4)30-29(27)31(38)36(24-15-10-7-11-16-24)21-35(30)23-13-8-6-9-14-23/h6-11,13-20,32H,5,12,21H2,1-4H3. The van der Waals surface area contributed by atoms with E-state index >= 15 is 0 Å². The molecule has 38 heavy (non-hydrogen) atoms. The van der Waals surface area contributed by atoms with Crippen molar-refractivity contribution in [1.29, 1.82) is 0 Å². The van der Waals surface area contributed by atoms with Gasteiger partial charge in [-0.15, -0.1) is 0 Å². The monoisotopic (exact) mass is 507 g/mol. The van der Waals surface area contributed by atoms with Crippen molar-refractivity contribution in [2.75, 3.05) is 40.8 Å². The van der Waals surface area contributed by atoms with E-state index in [1.165, 1.54) is 6.07 Å². The molecule has 7 nitrogen and oxygen atoms in total. The molecule has 7 heteroatoms. The number of hydrogen-bond donors (Lipinski definition) is 1. The van der Waals surface area contributed by atoms with Crippen LogP contribution >= 0.6 is 0 Å². The molecule has 1 aromatic heterocycles. The highest BCUT2D eigenvalue weighted by Crippen LogP contribution is 2.39. The molecule has 0 radical (unpaired) electrons. The van der Waals surface area contributed by atoms with Gasteiger partial charge in [0.05, 0.1) is 5.69 Å². The van der Waals surface area contributed by atoms with Crippen LogP contribution in [0.5, 0.6) is 0 Å². The minimum absolute atomic E-state index is 0.154. The number of hydrogen-bond acceptors (Lipinski definition) is 5. The second kappa shape index (κ2) is 10.5. The van der Waals surface area contributed by atoms with Gasteiger partial charge in [0.2, 0.25) is 0 Å². The third-order valence-corrected chi connectivity index (χ3v) is 6.94. The maximum absolute atomic E-state index is 14.2. The lowest BCUT2D eigenvalue weighted by Gasteiger charge is -2.39. The summed E-state index contributed by atoms with van der Waals surface area (Å²) in [6.45, 7) is 2.43. The lowest BCUT2D eigenvalue weighted by atomic mass is 10.0. The zero-order valence-corrected chi connectivity index (χ0v) is 22.3. The van der Waals surface area contributed by atoms with E-state index in [2.05, 4.69) is 23.2 Å². The molecule has 194 valence electrons. The molecule has 1 aliphatic rings. The number of para-hydroxylation sites is 2. The normalized spacial score (nSPS) is 12.9. The van der Waals surface area contributed by atoms with Gasteiger partial charge >= 0.3 is 0 Å². The van der Waals surface area contributed by atoms with Crippen molar-refractivity contribution < 1.29 is 4.79 Å². The zero-order chi connectivity index (χ0) is 26.8. The number of pyridine rings is 1. The number of carbonyl (C=O) groups excluding carboxylic acids is 1. The number of anilines is 6. The third kappa shape index (κ3) is 4.63. The highest BCUT2D eigenvalue weighted by molar-refractivity contribution is 6.15. The van der Waals surface area contributed by atoms with Crippen molar-refractivity contribution in [1.82, 2.24) is 4.57 Å². The Morgan fingerprint density at radius 1 is 0.816 bits per heavy atom. The molecule has 1 N–H and O–H groups in total. The largest absolute Gasteiger partial charge is 0.378 e. The molecule has 4 aromatic rings. The first-order valence-electron chi connectivity index (χ1n) is 12.9. The number of rotatable bonds is 7. The summed E-state index contributed by atoms with van der Waals surface area (Å²) in [4.78, 5) is 33.3. The van der Waals surface area contributed by atoms with E-state index in [1.807, 2.05) is 91.8 Å². The number of nitrogens with one attached hydrogen (secondary N) is 1. The van der Waals surface area contributed by atoms with Gasteiger partial charge in [-0.3, -0.25) is 19.1 Å². The second-order valence-corrected chi connectivity index (χ2v) is 9.74. The van der Waals surface area contributed by atoms with Crippen molar-refractivity contribution >= 4 is 40.2 Å². The maximum Gasteiger partial charge on any atom is 0.265 e. The molecule has 0 saturated carbocycles. The van der Waals surface area contributed by atoms with Crippen LogP contribution in [0, 0.1) is 0 Å². The first kappa shape index (κ1) is 25.1. The molecular weight excluding hydrogens is 474 g/mol. The summed E-state index contributed by atoms with van der Waals surface area (Å²) in [7, 11) is 5.76. The number of carbonyl (C=O) groups is 1. The van der Waals surface area contributed by atoms with Gasteiger partial charge in [-0.1, -0.05) is 49.7 Å². The average Bonchev–Trinajstić information content (AvgIpc) is 2.93. The van der Waals surface area contributed by atoms with Gasteiger partial charge in [-0.05, 0) is 54.4 Å². The quantitative estimate of drug-likeness (QED) is 0.337. The highest BCUT2D eigenvalue weighted by atomic mass is 16.2. The molecule has 0 saturated heterocycles. The lowest BCUT2D eigenvalue weighted by Crippen LogP contribution is -2.47. The van der Waals surface area contributed by atoms with Gasteiger partial charge in [0.25, 0.3) is 11.5 Å². The number of benzene rings is 3.